The number of hydrogen-bond acceptors (Lipinski definition) is 3. The quantitative estimate of drug-likeness (QED) is 0.772. The molecule has 0 bridgehead atoms. The first-order chi connectivity index (χ1) is 9.18. The summed E-state index contributed by atoms with van der Waals surface area (Å²) < 4.78 is 0. The molecule has 2 aliphatic heterocycles. The number of aliphatic hydroxyl groups excluding tert-OH is 1. The zero-order chi connectivity index (χ0) is 13.4. The van der Waals surface area contributed by atoms with Gasteiger partial charge in [-0.2, -0.15) is 0 Å². The largest absolute Gasteiger partial charge is 0.388 e. The van der Waals surface area contributed by atoms with Gasteiger partial charge in [0, 0.05) is 12.6 Å². The molecule has 1 fully saturated rings. The molecule has 0 amide bonds. The van der Waals surface area contributed by atoms with E-state index in [9.17, 15) is 9.90 Å². The Morgan fingerprint density at radius 1 is 1.42 bits per heavy atom. The van der Waals surface area contributed by atoms with Gasteiger partial charge in [0.05, 0.1) is 12.0 Å². The molecule has 3 heteroatoms. The molecule has 104 valence electrons. The van der Waals surface area contributed by atoms with Crippen LogP contribution in [0.2, 0.25) is 0 Å². The molecule has 0 radical (unpaired) electrons. The average Bonchev–Trinajstić information content (AvgIpc) is 2.86. The first-order valence-corrected chi connectivity index (χ1v) is 7.51. The van der Waals surface area contributed by atoms with E-state index in [0.717, 1.165) is 37.9 Å². The summed E-state index contributed by atoms with van der Waals surface area (Å²) in [5.74, 6) is 0.101. The normalized spacial score (nSPS) is 37.1. The van der Waals surface area contributed by atoms with Gasteiger partial charge in [0.15, 0.2) is 5.78 Å². The summed E-state index contributed by atoms with van der Waals surface area (Å²) in [5.41, 5.74) is 1.12. The van der Waals surface area contributed by atoms with Gasteiger partial charge in [-0.3, -0.25) is 9.69 Å². The Balaban J connectivity index is 1.83. The maximum Gasteiger partial charge on any atom is 0.161 e. The highest BCUT2D eigenvalue weighted by atomic mass is 16.3. The maximum absolute atomic E-state index is 12.1. The number of hydrogen-bond donors (Lipinski definition) is 1. The van der Waals surface area contributed by atoms with Crippen LogP contribution in [-0.4, -0.2) is 41.0 Å². The van der Waals surface area contributed by atoms with Crippen LogP contribution in [0.25, 0.3) is 0 Å². The van der Waals surface area contributed by atoms with E-state index in [1.54, 1.807) is 6.08 Å². The molecule has 4 atom stereocenters. The number of carbonyl (C=O) groups is 1. The van der Waals surface area contributed by atoms with Crippen molar-refractivity contribution in [1.82, 2.24) is 4.90 Å². The molecular weight excluding hydrogens is 238 g/mol. The minimum absolute atomic E-state index is 0.0993. The molecule has 0 saturated carbocycles. The predicted octanol–water partition coefficient (Wildman–Crippen LogP) is 1.92. The molecule has 19 heavy (non-hydrogen) atoms. The van der Waals surface area contributed by atoms with Crippen LogP contribution in [0.3, 0.4) is 0 Å². The first-order valence-electron chi connectivity index (χ1n) is 7.51. The molecule has 1 aliphatic carbocycles. The molecule has 3 nitrogen and oxygen atoms in total. The molecule has 2 heterocycles. The molecule has 0 spiro atoms. The fraction of sp³-hybridized carbons (Fsp3) is 0.688. The molecule has 0 aromatic carbocycles. The van der Waals surface area contributed by atoms with E-state index >= 15 is 0 Å². The lowest BCUT2D eigenvalue weighted by Gasteiger charge is -2.37. The van der Waals surface area contributed by atoms with Crippen LogP contribution in [0.4, 0.5) is 0 Å². The van der Waals surface area contributed by atoms with Crippen molar-refractivity contribution in [2.45, 2.75) is 44.8 Å². The van der Waals surface area contributed by atoms with Gasteiger partial charge in [0.2, 0.25) is 0 Å². The zero-order valence-electron chi connectivity index (χ0n) is 11.6. The van der Waals surface area contributed by atoms with Crippen molar-refractivity contribution < 1.29 is 9.90 Å². The van der Waals surface area contributed by atoms with Gasteiger partial charge < -0.3 is 5.11 Å². The number of fused-ring (bicyclic) bond motifs is 1. The molecule has 0 aromatic rings. The standard InChI is InChI=1S/C16H23NO2/c1-11-5-2-8-14(18)15(11)16(19)12-6-3-9-17-10-4-7-13(12)17/h2,6,8,11,13,15-16,19H,3-5,7,9-10H2,1H3/t11-,13+,15+,16?/m1/s1. The first kappa shape index (κ1) is 13.1. The molecular formula is C16H23NO2. The Morgan fingerprint density at radius 2 is 2.26 bits per heavy atom. The maximum atomic E-state index is 12.1. The van der Waals surface area contributed by atoms with Crippen molar-refractivity contribution in [3.05, 3.63) is 23.8 Å². The van der Waals surface area contributed by atoms with Crippen LogP contribution >= 0.6 is 0 Å². The van der Waals surface area contributed by atoms with Gasteiger partial charge in [-0.05, 0) is 49.8 Å². The van der Waals surface area contributed by atoms with E-state index in [1.807, 2.05) is 6.08 Å². The fourth-order valence-corrected chi connectivity index (χ4v) is 3.93. The smallest absolute Gasteiger partial charge is 0.161 e. The summed E-state index contributed by atoms with van der Waals surface area (Å²) in [4.78, 5) is 14.6. The van der Waals surface area contributed by atoms with Gasteiger partial charge in [0.25, 0.3) is 0 Å². The highest BCUT2D eigenvalue weighted by molar-refractivity contribution is 5.93. The summed E-state index contributed by atoms with van der Waals surface area (Å²) in [5, 5.41) is 10.7. The average molecular weight is 261 g/mol. The third kappa shape index (κ3) is 2.30. The number of rotatable bonds is 2. The monoisotopic (exact) mass is 261 g/mol. The van der Waals surface area contributed by atoms with Crippen LogP contribution < -0.4 is 0 Å². The number of carbonyl (C=O) groups excluding carboxylic acids is 1. The Kier molecular flexibility index (Phi) is 3.59. The van der Waals surface area contributed by atoms with Gasteiger partial charge in [0.1, 0.15) is 0 Å². The highest BCUT2D eigenvalue weighted by Crippen LogP contribution is 2.35. The minimum Gasteiger partial charge on any atom is -0.388 e. The molecule has 1 unspecified atom stereocenters. The fourth-order valence-electron chi connectivity index (χ4n) is 3.93. The van der Waals surface area contributed by atoms with Crippen molar-refractivity contribution in [3.63, 3.8) is 0 Å². The van der Waals surface area contributed by atoms with Gasteiger partial charge in [-0.15, -0.1) is 0 Å². The van der Waals surface area contributed by atoms with Crippen LogP contribution in [-0.2, 0) is 4.79 Å². The predicted molar refractivity (Wildman–Crippen MR) is 74.7 cm³/mol. The van der Waals surface area contributed by atoms with E-state index in [0.29, 0.717) is 6.04 Å². The van der Waals surface area contributed by atoms with E-state index in [2.05, 4.69) is 17.9 Å². The second-order valence-electron chi connectivity index (χ2n) is 6.18. The van der Waals surface area contributed by atoms with Gasteiger partial charge in [-0.25, -0.2) is 0 Å². The van der Waals surface area contributed by atoms with Crippen molar-refractivity contribution in [2.24, 2.45) is 11.8 Å². The summed E-state index contributed by atoms with van der Waals surface area (Å²) in [7, 11) is 0. The van der Waals surface area contributed by atoms with Gasteiger partial charge >= 0.3 is 0 Å². The summed E-state index contributed by atoms with van der Waals surface area (Å²) in [6.45, 7) is 4.32. The molecule has 3 aliphatic rings. The van der Waals surface area contributed by atoms with E-state index < -0.39 is 6.10 Å². The Hall–Kier alpha value is -0.930. The second-order valence-corrected chi connectivity index (χ2v) is 6.18. The van der Waals surface area contributed by atoms with Gasteiger partial charge in [-0.1, -0.05) is 19.1 Å². The summed E-state index contributed by atoms with van der Waals surface area (Å²) in [6.07, 6.45) is 9.45. The van der Waals surface area contributed by atoms with Crippen LogP contribution in [0.1, 0.15) is 32.6 Å². The molecule has 3 rings (SSSR count). The van der Waals surface area contributed by atoms with E-state index in [1.165, 1.54) is 6.42 Å². The summed E-state index contributed by atoms with van der Waals surface area (Å²) in [6, 6.07) is 0.384. The van der Waals surface area contributed by atoms with Crippen molar-refractivity contribution >= 4 is 5.78 Å². The third-order valence-electron chi connectivity index (χ3n) is 4.96. The number of aliphatic hydroxyl groups is 1. The van der Waals surface area contributed by atoms with Crippen LogP contribution in [0, 0.1) is 11.8 Å². The number of nitrogens with zero attached hydrogens (tertiary/aromatic N) is 1. The Morgan fingerprint density at radius 3 is 3.05 bits per heavy atom. The lowest BCUT2D eigenvalue weighted by Crippen LogP contribution is -2.44. The third-order valence-corrected chi connectivity index (χ3v) is 4.96. The minimum atomic E-state index is -0.585. The molecule has 0 aromatic heterocycles. The van der Waals surface area contributed by atoms with Crippen molar-refractivity contribution in [3.8, 4) is 0 Å². The lowest BCUT2D eigenvalue weighted by molar-refractivity contribution is -0.123. The summed E-state index contributed by atoms with van der Waals surface area (Å²) >= 11 is 0. The number of allylic oxidation sites excluding steroid dienone is 2. The zero-order valence-corrected chi connectivity index (χ0v) is 11.6. The van der Waals surface area contributed by atoms with Crippen LogP contribution in [0.5, 0.6) is 0 Å². The van der Waals surface area contributed by atoms with Crippen molar-refractivity contribution in [2.75, 3.05) is 13.1 Å². The molecule has 1 N–H and O–H groups in total. The topological polar surface area (TPSA) is 40.5 Å². The molecule has 1 saturated heterocycles. The number of ketones is 1. The SMILES string of the molecule is C[C@@H]1CC=CC(=O)[C@H]1C(O)C1=CCCN2CCC[C@@H]12. The van der Waals surface area contributed by atoms with Crippen LogP contribution in [0.15, 0.2) is 23.8 Å². The lowest BCUT2D eigenvalue weighted by atomic mass is 9.75. The van der Waals surface area contributed by atoms with Crippen molar-refractivity contribution in [1.29, 1.82) is 0 Å². The Labute approximate surface area is 115 Å². The second kappa shape index (κ2) is 5.22. The highest BCUT2D eigenvalue weighted by Gasteiger charge is 2.40. The van der Waals surface area contributed by atoms with E-state index in [4.69, 9.17) is 0 Å². The Bertz CT molecular complexity index is 426. The van der Waals surface area contributed by atoms with E-state index in [-0.39, 0.29) is 17.6 Å².